The number of aromatic nitrogens is 2. The Morgan fingerprint density at radius 1 is 1.12 bits per heavy atom. The van der Waals surface area contributed by atoms with Gasteiger partial charge in [0.15, 0.2) is 10.3 Å². The second-order valence-electron chi connectivity index (χ2n) is 5.29. The van der Waals surface area contributed by atoms with Crippen LogP contribution in [-0.2, 0) is 0 Å². The Bertz CT molecular complexity index is 1090. The van der Waals surface area contributed by atoms with Gasteiger partial charge < -0.3 is 5.32 Å². The maximum absolute atomic E-state index is 10.8. The lowest BCUT2D eigenvalue weighted by Crippen LogP contribution is -1.89. The standard InChI is InChI=1S/C17H12N4O2S3/c1-24-13-3-2-4-14-15(13)19-17(26-14)20-16-18-12(9-25-16)10-5-7-11(8-6-10)21(22)23/h2-9H,1H3,(H,18,19,20). The van der Waals surface area contributed by atoms with Gasteiger partial charge in [0.1, 0.15) is 0 Å². The van der Waals surface area contributed by atoms with Gasteiger partial charge in [-0.05, 0) is 30.5 Å². The molecule has 0 spiro atoms. The van der Waals surface area contributed by atoms with Crippen molar-refractivity contribution in [2.75, 3.05) is 11.6 Å². The highest BCUT2D eigenvalue weighted by atomic mass is 32.2. The number of non-ortho nitro benzene ring substituents is 1. The number of hydrogen-bond acceptors (Lipinski definition) is 8. The van der Waals surface area contributed by atoms with Crippen LogP contribution in [0.15, 0.2) is 52.7 Å². The lowest BCUT2D eigenvalue weighted by atomic mass is 10.1. The highest BCUT2D eigenvalue weighted by molar-refractivity contribution is 7.98. The first-order valence-electron chi connectivity index (χ1n) is 7.55. The van der Waals surface area contributed by atoms with Crippen molar-refractivity contribution in [3.05, 3.63) is 58.0 Å². The van der Waals surface area contributed by atoms with Crippen molar-refractivity contribution >= 4 is 60.6 Å². The third-order valence-electron chi connectivity index (χ3n) is 3.69. The Labute approximate surface area is 161 Å². The van der Waals surface area contributed by atoms with Crippen molar-refractivity contribution in [2.24, 2.45) is 0 Å². The van der Waals surface area contributed by atoms with Crippen LogP contribution in [0.1, 0.15) is 0 Å². The lowest BCUT2D eigenvalue weighted by molar-refractivity contribution is -0.384. The summed E-state index contributed by atoms with van der Waals surface area (Å²) in [5.41, 5.74) is 2.69. The summed E-state index contributed by atoms with van der Waals surface area (Å²) in [6.45, 7) is 0. The van der Waals surface area contributed by atoms with E-state index in [0.29, 0.717) is 0 Å². The van der Waals surface area contributed by atoms with Gasteiger partial charge in [-0.2, -0.15) is 0 Å². The summed E-state index contributed by atoms with van der Waals surface area (Å²) in [6.07, 6.45) is 2.04. The number of thioether (sulfide) groups is 1. The van der Waals surface area contributed by atoms with Crippen molar-refractivity contribution in [3.63, 3.8) is 0 Å². The quantitative estimate of drug-likeness (QED) is 0.259. The molecular formula is C17H12N4O2S3. The predicted molar refractivity (Wildman–Crippen MR) is 109 cm³/mol. The largest absolute Gasteiger partial charge is 0.307 e. The molecule has 0 saturated carbocycles. The second kappa shape index (κ2) is 7.02. The van der Waals surface area contributed by atoms with E-state index >= 15 is 0 Å². The van der Waals surface area contributed by atoms with E-state index in [2.05, 4.69) is 27.4 Å². The molecule has 0 amide bonds. The first-order valence-corrected chi connectivity index (χ1v) is 10.5. The number of thiazole rings is 2. The minimum Gasteiger partial charge on any atom is -0.307 e. The zero-order chi connectivity index (χ0) is 18.1. The number of para-hydroxylation sites is 1. The van der Waals surface area contributed by atoms with E-state index in [9.17, 15) is 10.1 Å². The SMILES string of the molecule is CSc1cccc2sc(Nc3nc(-c4ccc([N+](=O)[O-])cc4)cs3)nc12. The van der Waals surface area contributed by atoms with Crippen LogP contribution in [-0.4, -0.2) is 21.1 Å². The smallest absolute Gasteiger partial charge is 0.269 e. The van der Waals surface area contributed by atoms with Gasteiger partial charge in [-0.1, -0.05) is 17.4 Å². The minimum absolute atomic E-state index is 0.0707. The molecule has 2 aromatic heterocycles. The van der Waals surface area contributed by atoms with Gasteiger partial charge in [0.2, 0.25) is 0 Å². The molecule has 2 aromatic carbocycles. The molecule has 130 valence electrons. The number of anilines is 2. The molecule has 26 heavy (non-hydrogen) atoms. The number of nitro groups is 1. The van der Waals surface area contributed by atoms with Crippen molar-refractivity contribution in [3.8, 4) is 11.3 Å². The van der Waals surface area contributed by atoms with E-state index in [-0.39, 0.29) is 5.69 Å². The van der Waals surface area contributed by atoms with Gasteiger partial charge in [-0.15, -0.1) is 23.1 Å². The first kappa shape index (κ1) is 17.0. The molecule has 4 rings (SSSR count). The van der Waals surface area contributed by atoms with Gasteiger partial charge in [0.25, 0.3) is 5.69 Å². The third-order valence-corrected chi connectivity index (χ3v) is 6.16. The average Bonchev–Trinajstić information content (AvgIpc) is 3.28. The Morgan fingerprint density at radius 3 is 2.65 bits per heavy atom. The summed E-state index contributed by atoms with van der Waals surface area (Å²) in [4.78, 5) is 20.7. The van der Waals surface area contributed by atoms with E-state index < -0.39 is 4.92 Å². The van der Waals surface area contributed by atoms with Gasteiger partial charge in [-0.3, -0.25) is 10.1 Å². The molecule has 4 aromatic rings. The Morgan fingerprint density at radius 2 is 1.92 bits per heavy atom. The molecule has 0 unspecified atom stereocenters. The Kier molecular flexibility index (Phi) is 4.58. The predicted octanol–water partition coefficient (Wildman–Crippen LogP) is 5.79. The molecule has 6 nitrogen and oxygen atoms in total. The second-order valence-corrected chi connectivity index (χ2v) is 8.03. The molecule has 0 bridgehead atoms. The fourth-order valence-electron chi connectivity index (χ4n) is 2.45. The fraction of sp³-hybridized carbons (Fsp3) is 0.0588. The van der Waals surface area contributed by atoms with Crippen LogP contribution in [0.5, 0.6) is 0 Å². The monoisotopic (exact) mass is 400 g/mol. The van der Waals surface area contributed by atoms with Crippen molar-refractivity contribution in [2.45, 2.75) is 4.90 Å². The molecule has 0 radical (unpaired) electrons. The zero-order valence-electron chi connectivity index (χ0n) is 13.5. The van der Waals surface area contributed by atoms with Crippen molar-refractivity contribution < 1.29 is 4.92 Å². The first-order chi connectivity index (χ1) is 12.6. The lowest BCUT2D eigenvalue weighted by Gasteiger charge is -1.97. The maximum Gasteiger partial charge on any atom is 0.269 e. The molecule has 0 aliphatic heterocycles. The Balaban J connectivity index is 1.58. The Hall–Kier alpha value is -2.49. The van der Waals surface area contributed by atoms with Crippen LogP contribution in [0.3, 0.4) is 0 Å². The van der Waals surface area contributed by atoms with Crippen LogP contribution >= 0.6 is 34.4 Å². The van der Waals surface area contributed by atoms with E-state index in [0.717, 1.165) is 36.6 Å². The van der Waals surface area contributed by atoms with Gasteiger partial charge >= 0.3 is 0 Å². The van der Waals surface area contributed by atoms with Crippen LogP contribution in [0.2, 0.25) is 0 Å². The number of benzene rings is 2. The van der Waals surface area contributed by atoms with Crippen molar-refractivity contribution in [1.29, 1.82) is 0 Å². The minimum atomic E-state index is -0.409. The topological polar surface area (TPSA) is 81.0 Å². The normalized spacial score (nSPS) is 11.0. The summed E-state index contributed by atoms with van der Waals surface area (Å²) < 4.78 is 1.13. The molecule has 1 N–H and O–H groups in total. The summed E-state index contributed by atoms with van der Waals surface area (Å²) in [5.74, 6) is 0. The number of nitrogens with zero attached hydrogens (tertiary/aromatic N) is 3. The average molecular weight is 401 g/mol. The summed E-state index contributed by atoms with van der Waals surface area (Å²) in [7, 11) is 0. The molecule has 2 heterocycles. The van der Waals surface area contributed by atoms with Crippen LogP contribution in [0, 0.1) is 10.1 Å². The van der Waals surface area contributed by atoms with Crippen LogP contribution < -0.4 is 5.32 Å². The number of nitro benzene ring substituents is 1. The van der Waals surface area contributed by atoms with Crippen LogP contribution in [0.25, 0.3) is 21.5 Å². The van der Waals surface area contributed by atoms with E-state index in [4.69, 9.17) is 0 Å². The molecule has 9 heteroatoms. The van der Waals surface area contributed by atoms with Gasteiger partial charge in [0, 0.05) is 28.0 Å². The molecule has 0 saturated heterocycles. The molecule has 0 aliphatic rings. The number of rotatable bonds is 5. The van der Waals surface area contributed by atoms with E-state index in [1.807, 2.05) is 17.7 Å². The van der Waals surface area contributed by atoms with Gasteiger partial charge in [0.05, 0.1) is 20.8 Å². The van der Waals surface area contributed by atoms with Crippen LogP contribution in [0.4, 0.5) is 16.0 Å². The van der Waals surface area contributed by atoms with E-state index in [1.165, 1.54) is 23.5 Å². The molecule has 0 aliphatic carbocycles. The molecule has 0 atom stereocenters. The fourth-order valence-corrected chi connectivity index (χ4v) is 4.75. The summed E-state index contributed by atoms with van der Waals surface area (Å²) in [5, 5.41) is 17.5. The number of fused-ring (bicyclic) bond motifs is 1. The summed E-state index contributed by atoms with van der Waals surface area (Å²) in [6, 6.07) is 12.5. The summed E-state index contributed by atoms with van der Waals surface area (Å²) >= 11 is 4.74. The van der Waals surface area contributed by atoms with Crippen molar-refractivity contribution in [1.82, 2.24) is 9.97 Å². The number of hydrogen-bond donors (Lipinski definition) is 1. The third kappa shape index (κ3) is 3.28. The highest BCUT2D eigenvalue weighted by Gasteiger charge is 2.11. The number of nitrogens with one attached hydrogen (secondary N) is 1. The highest BCUT2D eigenvalue weighted by Crippen LogP contribution is 2.35. The molecular weight excluding hydrogens is 388 g/mol. The maximum atomic E-state index is 10.8. The zero-order valence-corrected chi connectivity index (χ0v) is 16.0. The molecule has 0 fully saturated rings. The van der Waals surface area contributed by atoms with Gasteiger partial charge in [-0.25, -0.2) is 9.97 Å². The van der Waals surface area contributed by atoms with E-state index in [1.54, 1.807) is 35.2 Å².